The number of piperidine rings is 1. The third-order valence-electron chi connectivity index (χ3n) is 4.10. The topological polar surface area (TPSA) is 41.1 Å². The van der Waals surface area contributed by atoms with Crippen LogP contribution in [0.5, 0.6) is 0 Å². The fraction of sp³-hybridized carbons (Fsp3) is 0.316. The number of hydrogen-bond donors (Lipinski definition) is 2. The molecule has 3 nitrogen and oxygen atoms in total. The minimum atomic E-state index is 0.0847. The van der Waals surface area contributed by atoms with Gasteiger partial charge in [-0.1, -0.05) is 30.0 Å². The van der Waals surface area contributed by atoms with Crippen molar-refractivity contribution in [3.63, 3.8) is 0 Å². The van der Waals surface area contributed by atoms with E-state index in [0.717, 1.165) is 37.2 Å². The summed E-state index contributed by atoms with van der Waals surface area (Å²) in [5, 5.41) is 6.37. The predicted octanol–water partition coefficient (Wildman–Crippen LogP) is 4.08. The highest BCUT2D eigenvalue weighted by Gasteiger charge is 2.21. The van der Waals surface area contributed by atoms with Gasteiger partial charge in [0, 0.05) is 22.0 Å². The van der Waals surface area contributed by atoms with Gasteiger partial charge in [0.15, 0.2) is 0 Å². The van der Waals surface area contributed by atoms with E-state index >= 15 is 0 Å². The van der Waals surface area contributed by atoms with Gasteiger partial charge in [-0.25, -0.2) is 0 Å². The maximum Gasteiger partial charge on any atom is 0.228 e. The van der Waals surface area contributed by atoms with E-state index in [1.54, 1.807) is 11.8 Å². The molecule has 1 fully saturated rings. The van der Waals surface area contributed by atoms with Crippen molar-refractivity contribution in [3.8, 4) is 0 Å². The van der Waals surface area contributed by atoms with Crippen molar-refractivity contribution in [2.24, 2.45) is 5.92 Å². The molecule has 0 aliphatic carbocycles. The van der Waals surface area contributed by atoms with E-state index in [0.29, 0.717) is 0 Å². The van der Waals surface area contributed by atoms with Crippen molar-refractivity contribution < 1.29 is 4.79 Å². The zero-order valence-electron chi connectivity index (χ0n) is 13.3. The Labute approximate surface area is 141 Å². The monoisotopic (exact) mass is 326 g/mol. The first-order valence-corrected chi connectivity index (χ1v) is 8.89. The first-order chi connectivity index (χ1) is 11.2. The van der Waals surface area contributed by atoms with Crippen molar-refractivity contribution in [1.82, 2.24) is 5.32 Å². The van der Waals surface area contributed by atoms with Crippen LogP contribution in [-0.2, 0) is 4.79 Å². The molecule has 1 amide bonds. The van der Waals surface area contributed by atoms with Crippen LogP contribution < -0.4 is 10.6 Å². The molecular formula is C19H22N2OS. The highest BCUT2D eigenvalue weighted by Crippen LogP contribution is 2.30. The van der Waals surface area contributed by atoms with Crippen LogP contribution in [0.2, 0.25) is 0 Å². The van der Waals surface area contributed by atoms with E-state index in [4.69, 9.17) is 0 Å². The number of aryl methyl sites for hydroxylation is 1. The molecule has 0 spiro atoms. The largest absolute Gasteiger partial charge is 0.326 e. The second-order valence-corrected chi connectivity index (χ2v) is 7.07. The van der Waals surface area contributed by atoms with Crippen molar-refractivity contribution in [1.29, 1.82) is 0 Å². The van der Waals surface area contributed by atoms with Gasteiger partial charge < -0.3 is 10.6 Å². The normalized spacial score (nSPS) is 17.7. The third-order valence-corrected chi connectivity index (χ3v) is 5.10. The van der Waals surface area contributed by atoms with Crippen molar-refractivity contribution >= 4 is 23.4 Å². The molecule has 1 saturated heterocycles. The number of anilines is 1. The van der Waals surface area contributed by atoms with Gasteiger partial charge in [-0.2, -0.15) is 0 Å². The van der Waals surface area contributed by atoms with Crippen LogP contribution in [0.4, 0.5) is 5.69 Å². The molecule has 23 heavy (non-hydrogen) atoms. The standard InChI is InChI=1S/C19H22N2OS/c1-14-12-17(23-16-7-3-2-4-8-16)9-10-18(14)21-19(22)15-6-5-11-20-13-15/h2-4,7-10,12,15,20H,5-6,11,13H2,1H3,(H,21,22). The molecule has 1 heterocycles. The molecule has 1 unspecified atom stereocenters. The number of carbonyl (C=O) groups excluding carboxylic acids is 1. The van der Waals surface area contributed by atoms with Crippen molar-refractivity contribution in [2.45, 2.75) is 29.6 Å². The van der Waals surface area contributed by atoms with Gasteiger partial charge in [-0.15, -0.1) is 0 Å². The van der Waals surface area contributed by atoms with Crippen molar-refractivity contribution in [2.75, 3.05) is 18.4 Å². The molecule has 1 aliphatic rings. The Morgan fingerprint density at radius 2 is 2.00 bits per heavy atom. The average molecular weight is 326 g/mol. The molecule has 0 radical (unpaired) electrons. The van der Waals surface area contributed by atoms with Crippen LogP contribution >= 0.6 is 11.8 Å². The number of carbonyl (C=O) groups is 1. The molecule has 120 valence electrons. The Morgan fingerprint density at radius 1 is 1.17 bits per heavy atom. The van der Waals surface area contributed by atoms with Gasteiger partial charge in [0.2, 0.25) is 5.91 Å². The molecule has 0 bridgehead atoms. The Hall–Kier alpha value is -1.78. The molecule has 3 rings (SSSR count). The molecule has 2 aromatic carbocycles. The highest BCUT2D eigenvalue weighted by molar-refractivity contribution is 7.99. The molecule has 0 saturated carbocycles. The molecule has 2 N–H and O–H groups in total. The fourth-order valence-corrected chi connectivity index (χ4v) is 3.71. The SMILES string of the molecule is Cc1cc(Sc2ccccc2)ccc1NC(=O)C1CCCNC1. The van der Waals surface area contributed by atoms with Crippen LogP contribution in [-0.4, -0.2) is 19.0 Å². The second-order valence-electron chi connectivity index (χ2n) is 5.92. The first-order valence-electron chi connectivity index (χ1n) is 8.07. The third kappa shape index (κ3) is 4.36. The van der Waals surface area contributed by atoms with Crippen LogP contribution in [0.3, 0.4) is 0 Å². The van der Waals surface area contributed by atoms with Crippen LogP contribution in [0.25, 0.3) is 0 Å². The van der Waals surface area contributed by atoms with E-state index < -0.39 is 0 Å². The summed E-state index contributed by atoms with van der Waals surface area (Å²) < 4.78 is 0. The number of rotatable bonds is 4. The summed E-state index contributed by atoms with van der Waals surface area (Å²) >= 11 is 1.73. The quantitative estimate of drug-likeness (QED) is 0.889. The first kappa shape index (κ1) is 16.1. The summed E-state index contributed by atoms with van der Waals surface area (Å²) in [6, 6.07) is 16.5. The Kier molecular flexibility index (Phi) is 5.36. The summed E-state index contributed by atoms with van der Waals surface area (Å²) in [7, 11) is 0. The van der Waals surface area contributed by atoms with Crippen molar-refractivity contribution in [3.05, 3.63) is 54.1 Å². The van der Waals surface area contributed by atoms with Crippen LogP contribution in [0.15, 0.2) is 58.3 Å². The average Bonchev–Trinajstić information content (AvgIpc) is 2.59. The summed E-state index contributed by atoms with van der Waals surface area (Å²) in [4.78, 5) is 14.7. The van der Waals surface area contributed by atoms with Gasteiger partial charge >= 0.3 is 0 Å². The summed E-state index contributed by atoms with van der Waals surface area (Å²) in [6.07, 6.45) is 2.05. The summed E-state index contributed by atoms with van der Waals surface area (Å²) in [5.41, 5.74) is 2.01. The smallest absolute Gasteiger partial charge is 0.228 e. The van der Waals surface area contributed by atoms with E-state index in [-0.39, 0.29) is 11.8 Å². The zero-order chi connectivity index (χ0) is 16.1. The van der Waals surface area contributed by atoms with Gasteiger partial charge in [0.25, 0.3) is 0 Å². The molecule has 2 aromatic rings. The minimum absolute atomic E-state index is 0.0847. The number of hydrogen-bond acceptors (Lipinski definition) is 3. The van der Waals surface area contributed by atoms with Gasteiger partial charge in [0.1, 0.15) is 0 Å². The molecular weight excluding hydrogens is 304 g/mol. The van der Waals surface area contributed by atoms with E-state index in [2.05, 4.69) is 34.9 Å². The van der Waals surface area contributed by atoms with E-state index in [9.17, 15) is 4.79 Å². The Balaban J connectivity index is 1.66. The number of nitrogens with one attached hydrogen (secondary N) is 2. The maximum absolute atomic E-state index is 12.3. The van der Waals surface area contributed by atoms with Gasteiger partial charge in [0.05, 0.1) is 5.92 Å². The summed E-state index contributed by atoms with van der Waals surface area (Å²) in [5.74, 6) is 0.213. The molecule has 1 atom stereocenters. The van der Waals surface area contributed by atoms with Crippen LogP contribution in [0.1, 0.15) is 18.4 Å². The number of amides is 1. The second kappa shape index (κ2) is 7.66. The maximum atomic E-state index is 12.3. The molecule has 4 heteroatoms. The molecule has 0 aromatic heterocycles. The van der Waals surface area contributed by atoms with E-state index in [1.165, 1.54) is 9.79 Å². The Bertz CT molecular complexity index is 666. The minimum Gasteiger partial charge on any atom is -0.326 e. The fourth-order valence-electron chi connectivity index (χ4n) is 2.77. The summed E-state index contributed by atoms with van der Waals surface area (Å²) in [6.45, 7) is 3.85. The number of benzene rings is 2. The van der Waals surface area contributed by atoms with E-state index in [1.807, 2.05) is 31.2 Å². The van der Waals surface area contributed by atoms with Crippen LogP contribution in [0, 0.1) is 12.8 Å². The highest BCUT2D eigenvalue weighted by atomic mass is 32.2. The lowest BCUT2D eigenvalue weighted by atomic mass is 9.98. The predicted molar refractivity (Wildman–Crippen MR) is 96.0 cm³/mol. The lowest BCUT2D eigenvalue weighted by Gasteiger charge is -2.22. The zero-order valence-corrected chi connectivity index (χ0v) is 14.2. The molecule has 1 aliphatic heterocycles. The Morgan fingerprint density at radius 3 is 2.70 bits per heavy atom. The lowest BCUT2D eigenvalue weighted by Crippen LogP contribution is -2.37. The van der Waals surface area contributed by atoms with Gasteiger partial charge in [-0.05, 0) is 62.2 Å². The lowest BCUT2D eigenvalue weighted by molar-refractivity contribution is -0.120. The van der Waals surface area contributed by atoms with Gasteiger partial charge in [-0.3, -0.25) is 4.79 Å².